The Balaban J connectivity index is 2.50. The topological polar surface area (TPSA) is 56.7 Å². The van der Waals surface area contributed by atoms with Crippen molar-refractivity contribution in [2.45, 2.75) is 18.9 Å². The summed E-state index contributed by atoms with van der Waals surface area (Å²) in [6.07, 6.45) is 8.05. The maximum atomic E-state index is 11.5. The fourth-order valence-corrected chi connectivity index (χ4v) is 1.54. The monoisotopic (exact) mass is 250 g/mol. The van der Waals surface area contributed by atoms with Crippen LogP contribution in [0, 0.1) is 0 Å². The van der Waals surface area contributed by atoms with Gasteiger partial charge in [-0.1, -0.05) is 18.2 Å². The summed E-state index contributed by atoms with van der Waals surface area (Å²) in [6, 6.07) is 0.371. The van der Waals surface area contributed by atoms with Gasteiger partial charge in [0.15, 0.2) is 5.96 Å². The molecule has 0 saturated carbocycles. The second kappa shape index (κ2) is 7.53. The fraction of sp³-hybridized carbons (Fsp3) is 0.538. The first kappa shape index (κ1) is 14.3. The van der Waals surface area contributed by atoms with Crippen LogP contribution in [0.2, 0.25) is 0 Å². The normalized spacial score (nSPS) is 15.6. The fourth-order valence-electron chi connectivity index (χ4n) is 1.54. The van der Waals surface area contributed by atoms with Gasteiger partial charge in [-0.3, -0.25) is 4.79 Å². The van der Waals surface area contributed by atoms with Gasteiger partial charge >= 0.3 is 0 Å². The molecule has 5 nitrogen and oxygen atoms in total. The third-order valence-electron chi connectivity index (χ3n) is 2.63. The van der Waals surface area contributed by atoms with E-state index in [-0.39, 0.29) is 12.5 Å². The van der Waals surface area contributed by atoms with Crippen LogP contribution in [-0.2, 0) is 4.79 Å². The minimum atomic E-state index is -0.0146. The highest BCUT2D eigenvalue weighted by molar-refractivity contribution is 5.85. The molecule has 0 heterocycles. The first-order chi connectivity index (χ1) is 8.63. The Hall–Kier alpha value is -1.78. The van der Waals surface area contributed by atoms with Gasteiger partial charge in [-0.05, 0) is 12.8 Å². The van der Waals surface area contributed by atoms with Crippen molar-refractivity contribution < 1.29 is 4.79 Å². The molecule has 0 atom stereocenters. The highest BCUT2D eigenvalue weighted by atomic mass is 16.2. The number of carbonyl (C=O) groups is 1. The molecule has 18 heavy (non-hydrogen) atoms. The Morgan fingerprint density at radius 1 is 1.50 bits per heavy atom. The standard InChI is InChI=1S/C13H22N4O/c1-4-9-14-13(15-10-12(18)17(2)3)16-11-7-5-6-8-11/h4-6,11H,1,7-10H2,2-3H3,(H2,14,15,16). The summed E-state index contributed by atoms with van der Waals surface area (Å²) in [5.41, 5.74) is 0. The van der Waals surface area contributed by atoms with Gasteiger partial charge in [0, 0.05) is 26.7 Å². The summed E-state index contributed by atoms with van der Waals surface area (Å²) >= 11 is 0. The molecular formula is C13H22N4O. The van der Waals surface area contributed by atoms with Gasteiger partial charge in [0.25, 0.3) is 0 Å². The highest BCUT2D eigenvalue weighted by Gasteiger charge is 2.12. The number of rotatable bonds is 5. The first-order valence-corrected chi connectivity index (χ1v) is 6.14. The molecule has 1 amide bonds. The number of nitrogens with zero attached hydrogens (tertiary/aromatic N) is 2. The number of hydrogen-bond donors (Lipinski definition) is 2. The van der Waals surface area contributed by atoms with Gasteiger partial charge in [-0.15, -0.1) is 6.58 Å². The molecule has 2 N–H and O–H groups in total. The molecule has 0 saturated heterocycles. The van der Waals surface area contributed by atoms with Crippen molar-refractivity contribution in [1.29, 1.82) is 0 Å². The third kappa shape index (κ3) is 5.03. The Morgan fingerprint density at radius 2 is 2.17 bits per heavy atom. The first-order valence-electron chi connectivity index (χ1n) is 6.14. The Labute approximate surface area is 109 Å². The molecule has 0 unspecified atom stereocenters. The van der Waals surface area contributed by atoms with Crippen molar-refractivity contribution in [1.82, 2.24) is 15.5 Å². The molecule has 0 spiro atoms. The van der Waals surface area contributed by atoms with E-state index in [0.29, 0.717) is 18.5 Å². The molecule has 0 radical (unpaired) electrons. The molecule has 5 heteroatoms. The van der Waals surface area contributed by atoms with Gasteiger partial charge < -0.3 is 15.5 Å². The molecule has 0 aromatic carbocycles. The zero-order valence-corrected chi connectivity index (χ0v) is 11.1. The summed E-state index contributed by atoms with van der Waals surface area (Å²) in [7, 11) is 3.45. The van der Waals surface area contributed by atoms with Crippen molar-refractivity contribution in [3.05, 3.63) is 24.8 Å². The van der Waals surface area contributed by atoms with Gasteiger partial charge in [-0.25, -0.2) is 4.99 Å². The summed E-state index contributed by atoms with van der Waals surface area (Å²) < 4.78 is 0. The number of guanidine groups is 1. The molecular weight excluding hydrogens is 228 g/mol. The Kier molecular flexibility index (Phi) is 5.97. The minimum Gasteiger partial charge on any atom is -0.353 e. The molecule has 1 aliphatic carbocycles. The van der Waals surface area contributed by atoms with Crippen molar-refractivity contribution in [3.63, 3.8) is 0 Å². The zero-order chi connectivity index (χ0) is 13.4. The Bertz CT molecular complexity index is 339. The zero-order valence-electron chi connectivity index (χ0n) is 11.1. The van der Waals surface area contributed by atoms with E-state index in [4.69, 9.17) is 0 Å². The molecule has 0 bridgehead atoms. The summed E-state index contributed by atoms with van der Waals surface area (Å²) in [5.74, 6) is 0.651. The predicted molar refractivity (Wildman–Crippen MR) is 74.5 cm³/mol. The van der Waals surface area contributed by atoms with Gasteiger partial charge in [0.1, 0.15) is 6.54 Å². The van der Waals surface area contributed by atoms with Crippen LogP contribution in [0.5, 0.6) is 0 Å². The van der Waals surface area contributed by atoms with Crippen LogP contribution >= 0.6 is 0 Å². The van der Waals surface area contributed by atoms with Gasteiger partial charge in [0.2, 0.25) is 5.91 Å². The SMILES string of the molecule is C=CCNC(=NCC(=O)N(C)C)NC1CC=CC1. The maximum Gasteiger partial charge on any atom is 0.243 e. The largest absolute Gasteiger partial charge is 0.353 e. The molecule has 100 valence electrons. The lowest BCUT2D eigenvalue weighted by atomic mass is 10.2. The molecule has 0 aliphatic heterocycles. The number of likely N-dealkylation sites (N-methyl/N-ethyl adjacent to an activating group) is 1. The molecule has 0 aromatic rings. The van der Waals surface area contributed by atoms with Crippen LogP contribution in [0.15, 0.2) is 29.8 Å². The van der Waals surface area contributed by atoms with Crippen molar-refractivity contribution in [2.24, 2.45) is 4.99 Å². The second-order valence-corrected chi connectivity index (χ2v) is 4.41. The molecule has 1 aliphatic rings. The molecule has 1 rings (SSSR count). The van der Waals surface area contributed by atoms with Crippen LogP contribution < -0.4 is 10.6 Å². The van der Waals surface area contributed by atoms with E-state index in [1.54, 1.807) is 20.2 Å². The quantitative estimate of drug-likeness (QED) is 0.425. The van der Waals surface area contributed by atoms with E-state index in [1.165, 1.54) is 4.90 Å². The number of aliphatic imine (C=N–C) groups is 1. The number of nitrogens with one attached hydrogen (secondary N) is 2. The van der Waals surface area contributed by atoms with Crippen molar-refractivity contribution >= 4 is 11.9 Å². The number of carbonyl (C=O) groups excluding carboxylic acids is 1. The van der Waals surface area contributed by atoms with E-state index in [2.05, 4.69) is 34.4 Å². The minimum absolute atomic E-state index is 0.0146. The van der Waals surface area contributed by atoms with Crippen LogP contribution in [0.1, 0.15) is 12.8 Å². The van der Waals surface area contributed by atoms with E-state index in [9.17, 15) is 4.79 Å². The van der Waals surface area contributed by atoms with Crippen molar-refractivity contribution in [3.8, 4) is 0 Å². The number of hydrogen-bond acceptors (Lipinski definition) is 2. The lowest BCUT2D eigenvalue weighted by Crippen LogP contribution is -2.43. The van der Waals surface area contributed by atoms with Crippen LogP contribution in [0.4, 0.5) is 0 Å². The second-order valence-electron chi connectivity index (χ2n) is 4.41. The maximum absolute atomic E-state index is 11.5. The average molecular weight is 250 g/mol. The van der Waals surface area contributed by atoms with Gasteiger partial charge in [-0.2, -0.15) is 0 Å². The lowest BCUT2D eigenvalue weighted by Gasteiger charge is -2.17. The van der Waals surface area contributed by atoms with E-state index >= 15 is 0 Å². The molecule has 0 fully saturated rings. The van der Waals surface area contributed by atoms with Crippen LogP contribution in [0.3, 0.4) is 0 Å². The predicted octanol–water partition coefficient (Wildman–Crippen LogP) is 0.514. The summed E-state index contributed by atoms with van der Waals surface area (Å²) in [6.45, 7) is 4.43. The third-order valence-corrected chi connectivity index (χ3v) is 2.63. The summed E-state index contributed by atoms with van der Waals surface area (Å²) in [4.78, 5) is 17.3. The van der Waals surface area contributed by atoms with Crippen LogP contribution in [-0.4, -0.2) is 50.0 Å². The summed E-state index contributed by atoms with van der Waals surface area (Å²) in [5, 5.41) is 6.42. The Morgan fingerprint density at radius 3 is 2.72 bits per heavy atom. The van der Waals surface area contributed by atoms with E-state index < -0.39 is 0 Å². The lowest BCUT2D eigenvalue weighted by molar-refractivity contribution is -0.127. The van der Waals surface area contributed by atoms with Crippen LogP contribution in [0.25, 0.3) is 0 Å². The van der Waals surface area contributed by atoms with E-state index in [1.807, 2.05) is 0 Å². The highest BCUT2D eigenvalue weighted by Crippen LogP contribution is 2.08. The average Bonchev–Trinajstić information content (AvgIpc) is 2.84. The molecule has 0 aromatic heterocycles. The van der Waals surface area contributed by atoms with Crippen molar-refractivity contribution in [2.75, 3.05) is 27.2 Å². The van der Waals surface area contributed by atoms with E-state index in [0.717, 1.165) is 12.8 Å². The van der Waals surface area contributed by atoms with Gasteiger partial charge in [0.05, 0.1) is 0 Å². The number of amides is 1. The smallest absolute Gasteiger partial charge is 0.243 e.